The van der Waals surface area contributed by atoms with Gasteiger partial charge in [0.25, 0.3) is 0 Å². The molecule has 0 N–H and O–H groups in total. The maximum atomic E-state index is 4.10. The average Bonchev–Trinajstić information content (AvgIpc) is 2.27. The van der Waals surface area contributed by atoms with Crippen LogP contribution in [-0.4, -0.2) is 4.98 Å². The summed E-state index contributed by atoms with van der Waals surface area (Å²) in [5.41, 5.74) is 2.60. The van der Waals surface area contributed by atoms with E-state index in [4.69, 9.17) is 0 Å². The molecular formula is C12H13N. The molecule has 1 heteroatoms. The zero-order valence-electron chi connectivity index (χ0n) is 7.99. The molecule has 1 aliphatic rings. The van der Waals surface area contributed by atoms with Crippen molar-refractivity contribution in [3.05, 3.63) is 41.7 Å². The van der Waals surface area contributed by atoms with Gasteiger partial charge in [0.05, 0.1) is 0 Å². The molecule has 0 amide bonds. The van der Waals surface area contributed by atoms with Crippen molar-refractivity contribution in [3.63, 3.8) is 0 Å². The van der Waals surface area contributed by atoms with Crippen molar-refractivity contribution in [2.45, 2.75) is 13.8 Å². The number of hydrogen-bond acceptors (Lipinski definition) is 1. The number of aromatic nitrogens is 1. The van der Waals surface area contributed by atoms with Gasteiger partial charge in [0.1, 0.15) is 0 Å². The molecule has 0 spiro atoms. The molecule has 1 aliphatic carbocycles. The van der Waals surface area contributed by atoms with Gasteiger partial charge in [-0.25, -0.2) is 0 Å². The molecule has 66 valence electrons. The fraction of sp³-hybridized carbons (Fsp3) is 0.250. The Morgan fingerprint density at radius 1 is 1.08 bits per heavy atom. The van der Waals surface area contributed by atoms with Crippen molar-refractivity contribution in [2.24, 2.45) is 5.41 Å². The second-order valence-corrected chi connectivity index (χ2v) is 3.99. The van der Waals surface area contributed by atoms with Gasteiger partial charge in [-0.1, -0.05) is 38.2 Å². The molecule has 0 unspecified atom stereocenters. The van der Waals surface area contributed by atoms with E-state index >= 15 is 0 Å². The van der Waals surface area contributed by atoms with Crippen LogP contribution in [0.15, 0.2) is 30.6 Å². The van der Waals surface area contributed by atoms with Crippen LogP contribution in [0.1, 0.15) is 25.0 Å². The SMILES string of the molecule is CC1(C)C=Cc2ccncc2C=C1. The van der Waals surface area contributed by atoms with Gasteiger partial charge in [-0.3, -0.25) is 4.98 Å². The van der Waals surface area contributed by atoms with Gasteiger partial charge in [0.15, 0.2) is 0 Å². The molecule has 0 atom stereocenters. The molecule has 0 saturated carbocycles. The second kappa shape index (κ2) is 2.84. The fourth-order valence-electron chi connectivity index (χ4n) is 1.37. The number of hydrogen-bond donors (Lipinski definition) is 0. The highest BCUT2D eigenvalue weighted by atomic mass is 14.6. The Hall–Kier alpha value is -1.37. The van der Waals surface area contributed by atoms with E-state index in [9.17, 15) is 0 Å². The van der Waals surface area contributed by atoms with E-state index < -0.39 is 0 Å². The minimum Gasteiger partial charge on any atom is -0.264 e. The van der Waals surface area contributed by atoms with E-state index in [2.05, 4.69) is 43.1 Å². The van der Waals surface area contributed by atoms with Gasteiger partial charge in [-0.05, 0) is 17.2 Å². The number of allylic oxidation sites excluding steroid dienone is 2. The third kappa shape index (κ3) is 1.69. The summed E-state index contributed by atoms with van der Waals surface area (Å²) in [4.78, 5) is 4.10. The van der Waals surface area contributed by atoms with E-state index in [1.54, 1.807) is 0 Å². The van der Waals surface area contributed by atoms with Crippen LogP contribution < -0.4 is 0 Å². The Labute approximate surface area is 78.8 Å². The van der Waals surface area contributed by atoms with Gasteiger partial charge >= 0.3 is 0 Å². The first-order valence-corrected chi connectivity index (χ1v) is 4.50. The van der Waals surface area contributed by atoms with Crippen LogP contribution in [0.25, 0.3) is 12.2 Å². The average molecular weight is 171 g/mol. The monoisotopic (exact) mass is 171 g/mol. The van der Waals surface area contributed by atoms with Crippen molar-refractivity contribution >= 4 is 12.2 Å². The van der Waals surface area contributed by atoms with Gasteiger partial charge in [0, 0.05) is 17.8 Å². The quantitative estimate of drug-likeness (QED) is 0.584. The zero-order valence-corrected chi connectivity index (χ0v) is 7.99. The highest BCUT2D eigenvalue weighted by Gasteiger charge is 2.11. The maximum absolute atomic E-state index is 4.10. The van der Waals surface area contributed by atoms with E-state index in [-0.39, 0.29) is 5.41 Å². The van der Waals surface area contributed by atoms with Crippen LogP contribution in [0.3, 0.4) is 0 Å². The molecule has 1 aromatic heterocycles. The predicted molar refractivity (Wildman–Crippen MR) is 56.1 cm³/mol. The maximum Gasteiger partial charge on any atom is 0.0346 e. The molecule has 1 heterocycles. The molecule has 0 aromatic carbocycles. The third-order valence-corrected chi connectivity index (χ3v) is 2.27. The summed E-state index contributed by atoms with van der Waals surface area (Å²) in [6, 6.07) is 2.04. The Balaban J connectivity index is 2.53. The first-order chi connectivity index (χ1) is 6.17. The summed E-state index contributed by atoms with van der Waals surface area (Å²) in [5.74, 6) is 0. The van der Waals surface area contributed by atoms with Crippen LogP contribution in [0.5, 0.6) is 0 Å². The minimum atomic E-state index is 0.152. The van der Waals surface area contributed by atoms with Crippen molar-refractivity contribution in [2.75, 3.05) is 0 Å². The fourth-order valence-corrected chi connectivity index (χ4v) is 1.37. The molecule has 2 rings (SSSR count). The minimum absolute atomic E-state index is 0.152. The molecule has 0 bridgehead atoms. The lowest BCUT2D eigenvalue weighted by Gasteiger charge is -2.11. The largest absolute Gasteiger partial charge is 0.264 e. The molecule has 1 aromatic rings. The van der Waals surface area contributed by atoms with Crippen molar-refractivity contribution in [1.82, 2.24) is 4.98 Å². The number of rotatable bonds is 0. The van der Waals surface area contributed by atoms with Crippen molar-refractivity contribution in [3.8, 4) is 0 Å². The van der Waals surface area contributed by atoms with Crippen LogP contribution in [0, 0.1) is 5.41 Å². The summed E-state index contributed by atoms with van der Waals surface area (Å²) in [6.45, 7) is 4.39. The summed E-state index contributed by atoms with van der Waals surface area (Å²) in [6.07, 6.45) is 12.5. The normalized spacial score (nSPS) is 18.0. The van der Waals surface area contributed by atoms with Crippen LogP contribution in [0.4, 0.5) is 0 Å². The number of fused-ring (bicyclic) bond motifs is 1. The predicted octanol–water partition coefficient (Wildman–Crippen LogP) is 3.15. The lowest BCUT2D eigenvalue weighted by atomic mass is 9.93. The van der Waals surface area contributed by atoms with Crippen LogP contribution >= 0.6 is 0 Å². The molecule has 0 aliphatic heterocycles. The van der Waals surface area contributed by atoms with Crippen LogP contribution in [0.2, 0.25) is 0 Å². The molecule has 0 radical (unpaired) electrons. The molecule has 1 nitrogen and oxygen atoms in total. The van der Waals surface area contributed by atoms with Gasteiger partial charge in [-0.15, -0.1) is 0 Å². The summed E-state index contributed by atoms with van der Waals surface area (Å²) >= 11 is 0. The second-order valence-electron chi connectivity index (χ2n) is 3.99. The zero-order chi connectivity index (χ0) is 9.31. The smallest absolute Gasteiger partial charge is 0.0346 e. The van der Waals surface area contributed by atoms with Crippen molar-refractivity contribution < 1.29 is 0 Å². The lowest BCUT2D eigenvalue weighted by molar-refractivity contribution is 0.633. The van der Waals surface area contributed by atoms with Gasteiger partial charge in [-0.2, -0.15) is 0 Å². The first-order valence-electron chi connectivity index (χ1n) is 4.50. The standard InChI is InChI=1S/C12H13N/c1-12(2)6-3-10-5-8-13-9-11(10)4-7-12/h3-9H,1-2H3. The molecule has 0 saturated heterocycles. The van der Waals surface area contributed by atoms with E-state index in [0.717, 1.165) is 0 Å². The molecule has 13 heavy (non-hydrogen) atoms. The summed E-state index contributed by atoms with van der Waals surface area (Å²) < 4.78 is 0. The highest BCUT2D eigenvalue weighted by molar-refractivity contribution is 5.67. The topological polar surface area (TPSA) is 12.9 Å². The van der Waals surface area contributed by atoms with Crippen LogP contribution in [-0.2, 0) is 0 Å². The molecular weight excluding hydrogens is 158 g/mol. The Morgan fingerprint density at radius 2 is 1.77 bits per heavy atom. The third-order valence-electron chi connectivity index (χ3n) is 2.27. The first kappa shape index (κ1) is 8.24. The summed E-state index contributed by atoms with van der Waals surface area (Å²) in [7, 11) is 0. The number of nitrogens with zero attached hydrogens (tertiary/aromatic N) is 1. The Bertz CT molecular complexity index is 337. The molecule has 0 fully saturated rings. The Morgan fingerprint density at radius 3 is 2.54 bits per heavy atom. The van der Waals surface area contributed by atoms with E-state index in [1.165, 1.54) is 11.1 Å². The van der Waals surface area contributed by atoms with Gasteiger partial charge < -0.3 is 0 Å². The Kier molecular flexibility index (Phi) is 1.80. The van der Waals surface area contributed by atoms with E-state index in [0.29, 0.717) is 0 Å². The highest BCUT2D eigenvalue weighted by Crippen LogP contribution is 2.26. The lowest BCUT2D eigenvalue weighted by Crippen LogP contribution is -1.99. The van der Waals surface area contributed by atoms with E-state index in [1.807, 2.05) is 18.5 Å². The van der Waals surface area contributed by atoms with Crippen molar-refractivity contribution in [1.29, 1.82) is 0 Å². The summed E-state index contributed by atoms with van der Waals surface area (Å²) in [5, 5.41) is 0. The van der Waals surface area contributed by atoms with Gasteiger partial charge in [0.2, 0.25) is 0 Å². The number of pyridine rings is 1.